The van der Waals surface area contributed by atoms with Crippen molar-refractivity contribution in [2.45, 2.75) is 12.6 Å². The number of aromatic nitrogens is 2. The molecule has 2 aromatic heterocycles. The van der Waals surface area contributed by atoms with E-state index in [2.05, 4.69) is 4.98 Å². The van der Waals surface area contributed by atoms with Crippen LogP contribution in [0.1, 0.15) is 7.12 Å². The van der Waals surface area contributed by atoms with Gasteiger partial charge in [-0.25, -0.2) is 13.8 Å². The first-order chi connectivity index (χ1) is 7.37. The van der Waals surface area contributed by atoms with E-state index in [1.54, 1.807) is 0 Å². The molecule has 2 nitrogen and oxygen atoms in total. The first-order valence-electron chi connectivity index (χ1n) is 4.24. The van der Waals surface area contributed by atoms with Gasteiger partial charge in [0.2, 0.25) is 0 Å². The van der Waals surface area contributed by atoms with Gasteiger partial charge in [-0.05, 0) is 0 Å². The maximum absolute atomic E-state index is 13.1. The molecule has 0 aliphatic rings. The Morgan fingerprint density at radius 1 is 1.29 bits per heavy atom. The third-order valence-electron chi connectivity index (χ3n) is 1.99. The molecule has 8 heteroatoms. The zero-order valence-corrected chi connectivity index (χ0v) is 8.72. The molecule has 0 saturated heterocycles. The Morgan fingerprint density at radius 3 is 2.53 bits per heavy atom. The SMILES string of the molecule is Fc1cc(F)c2ncc(CC(F)(F)F)n2c1.[H-].[Li+]. The topological polar surface area (TPSA) is 17.3 Å². The molecule has 88 valence electrons. The van der Waals surface area contributed by atoms with Crippen LogP contribution >= 0.6 is 0 Å². The Hall–Kier alpha value is -1.06. The molecule has 0 aliphatic heterocycles. The van der Waals surface area contributed by atoms with E-state index in [4.69, 9.17) is 0 Å². The summed E-state index contributed by atoms with van der Waals surface area (Å²) >= 11 is 0. The van der Waals surface area contributed by atoms with E-state index in [9.17, 15) is 22.0 Å². The van der Waals surface area contributed by atoms with Gasteiger partial charge in [0.1, 0.15) is 5.82 Å². The van der Waals surface area contributed by atoms with Gasteiger partial charge in [-0.15, -0.1) is 0 Å². The van der Waals surface area contributed by atoms with Crippen LogP contribution in [0.4, 0.5) is 22.0 Å². The fourth-order valence-electron chi connectivity index (χ4n) is 1.40. The van der Waals surface area contributed by atoms with Crippen molar-refractivity contribution in [2.24, 2.45) is 0 Å². The molecule has 0 N–H and O–H groups in total. The number of fused-ring (bicyclic) bond motifs is 1. The molecule has 0 spiro atoms. The summed E-state index contributed by atoms with van der Waals surface area (Å²) in [7, 11) is 0. The molecule has 0 atom stereocenters. The summed E-state index contributed by atoms with van der Waals surface area (Å²) in [4.78, 5) is 3.46. The molecular weight excluding hydrogens is 238 g/mol. The first kappa shape index (κ1) is 14.0. The van der Waals surface area contributed by atoms with Crippen molar-refractivity contribution < 1.29 is 42.2 Å². The van der Waals surface area contributed by atoms with Gasteiger partial charge in [0, 0.05) is 18.5 Å². The Morgan fingerprint density at radius 2 is 1.94 bits per heavy atom. The van der Waals surface area contributed by atoms with E-state index < -0.39 is 24.2 Å². The number of hydrogen-bond acceptors (Lipinski definition) is 1. The van der Waals surface area contributed by atoms with Crippen molar-refractivity contribution in [2.75, 3.05) is 0 Å². The second-order valence-electron chi connectivity index (χ2n) is 3.24. The van der Waals surface area contributed by atoms with Crippen LogP contribution in [0.5, 0.6) is 0 Å². The Kier molecular flexibility index (Phi) is 3.84. The molecule has 0 unspecified atom stereocenters. The molecule has 0 saturated carbocycles. The third kappa shape index (κ3) is 2.99. The van der Waals surface area contributed by atoms with Gasteiger partial charge >= 0.3 is 25.0 Å². The predicted molar refractivity (Wildman–Crippen MR) is 46.0 cm³/mol. The minimum absolute atomic E-state index is 0. The van der Waals surface area contributed by atoms with Gasteiger partial charge in [0.25, 0.3) is 0 Å². The fraction of sp³-hybridized carbons (Fsp3) is 0.222. The molecular formula is C9H6F5LiN2. The largest absolute Gasteiger partial charge is 1.00 e. The number of halogens is 5. The summed E-state index contributed by atoms with van der Waals surface area (Å²) in [5.41, 5.74) is -0.624. The van der Waals surface area contributed by atoms with Crippen LogP contribution < -0.4 is 18.9 Å². The molecule has 0 fully saturated rings. The fourth-order valence-corrected chi connectivity index (χ4v) is 1.40. The Labute approximate surface area is 106 Å². The molecule has 0 radical (unpaired) electrons. The number of pyridine rings is 1. The number of imidazole rings is 1. The maximum Gasteiger partial charge on any atom is 1.00 e. The summed E-state index contributed by atoms with van der Waals surface area (Å²) in [6, 6.07) is 0.569. The minimum atomic E-state index is -4.45. The standard InChI is InChI=1S/C9H5F5N2.Li.H/c10-5-1-7(11)8-15-3-6(16(8)4-5)2-9(12,13)14;;/h1,3-4H,2H2;;/q;+1;-1. The van der Waals surface area contributed by atoms with E-state index in [0.29, 0.717) is 6.07 Å². The van der Waals surface area contributed by atoms with E-state index in [1.165, 1.54) is 0 Å². The van der Waals surface area contributed by atoms with Gasteiger partial charge in [-0.2, -0.15) is 13.2 Å². The molecule has 0 amide bonds. The maximum atomic E-state index is 13.1. The second-order valence-corrected chi connectivity index (χ2v) is 3.24. The van der Waals surface area contributed by atoms with Gasteiger partial charge in [-0.3, -0.25) is 4.40 Å². The average molecular weight is 244 g/mol. The second kappa shape index (κ2) is 4.67. The Balaban J connectivity index is 0.00000144. The molecule has 2 aromatic rings. The van der Waals surface area contributed by atoms with Crippen molar-refractivity contribution in [3.05, 3.63) is 35.8 Å². The van der Waals surface area contributed by atoms with Crippen LogP contribution in [0, 0.1) is 11.6 Å². The smallest absolute Gasteiger partial charge is 1.00 e. The molecule has 0 aromatic carbocycles. The molecule has 2 heterocycles. The number of alkyl halides is 3. The summed E-state index contributed by atoms with van der Waals surface area (Å²) in [5, 5.41) is 0. The van der Waals surface area contributed by atoms with E-state index >= 15 is 0 Å². The summed E-state index contributed by atoms with van der Waals surface area (Å²) in [5.74, 6) is -1.94. The molecule has 17 heavy (non-hydrogen) atoms. The quantitative estimate of drug-likeness (QED) is 0.503. The van der Waals surface area contributed by atoms with Crippen LogP contribution in [0.2, 0.25) is 0 Å². The molecule has 0 bridgehead atoms. The summed E-state index contributed by atoms with van der Waals surface area (Å²) < 4.78 is 63.0. The Bertz CT molecular complexity index is 539. The van der Waals surface area contributed by atoms with E-state index in [0.717, 1.165) is 16.8 Å². The zero-order valence-electron chi connectivity index (χ0n) is 9.72. The first-order valence-corrected chi connectivity index (χ1v) is 4.24. The third-order valence-corrected chi connectivity index (χ3v) is 1.99. The summed E-state index contributed by atoms with van der Waals surface area (Å²) in [6.07, 6.45) is -4.08. The normalized spacial score (nSPS) is 11.6. The number of rotatable bonds is 1. The minimum Gasteiger partial charge on any atom is -1.00 e. The average Bonchev–Trinajstić information content (AvgIpc) is 2.46. The number of hydrogen-bond donors (Lipinski definition) is 0. The number of nitrogens with zero attached hydrogens (tertiary/aromatic N) is 2. The van der Waals surface area contributed by atoms with Crippen molar-refractivity contribution in [3.63, 3.8) is 0 Å². The van der Waals surface area contributed by atoms with Crippen LogP contribution in [0.15, 0.2) is 18.5 Å². The van der Waals surface area contributed by atoms with E-state index in [-0.39, 0.29) is 31.6 Å². The van der Waals surface area contributed by atoms with Crippen LogP contribution in [0.25, 0.3) is 5.65 Å². The van der Waals surface area contributed by atoms with Gasteiger partial charge in [0.15, 0.2) is 11.5 Å². The monoisotopic (exact) mass is 244 g/mol. The van der Waals surface area contributed by atoms with Crippen LogP contribution in [0.3, 0.4) is 0 Å². The van der Waals surface area contributed by atoms with Crippen molar-refractivity contribution in [1.82, 2.24) is 9.38 Å². The zero-order chi connectivity index (χ0) is 11.9. The van der Waals surface area contributed by atoms with Crippen LogP contribution in [-0.2, 0) is 6.42 Å². The van der Waals surface area contributed by atoms with E-state index in [1.807, 2.05) is 0 Å². The van der Waals surface area contributed by atoms with Crippen molar-refractivity contribution in [1.29, 1.82) is 0 Å². The van der Waals surface area contributed by atoms with Crippen molar-refractivity contribution in [3.8, 4) is 0 Å². The van der Waals surface area contributed by atoms with Gasteiger partial charge in [0.05, 0.1) is 12.1 Å². The van der Waals surface area contributed by atoms with Gasteiger partial charge in [-0.1, -0.05) is 0 Å². The molecule has 0 aliphatic carbocycles. The van der Waals surface area contributed by atoms with Crippen LogP contribution in [-0.4, -0.2) is 15.6 Å². The van der Waals surface area contributed by atoms with Crippen molar-refractivity contribution >= 4 is 5.65 Å². The van der Waals surface area contributed by atoms with Gasteiger partial charge < -0.3 is 1.43 Å². The predicted octanol–water partition coefficient (Wildman–Crippen LogP) is -0.166. The summed E-state index contributed by atoms with van der Waals surface area (Å²) in [6.45, 7) is 0. The molecule has 2 rings (SSSR count).